The minimum atomic E-state index is -0.407. The molecule has 144 valence electrons. The van der Waals surface area contributed by atoms with E-state index in [0.717, 1.165) is 22.6 Å². The summed E-state index contributed by atoms with van der Waals surface area (Å²) in [5.41, 5.74) is 2.43. The van der Waals surface area contributed by atoms with Crippen LogP contribution < -0.4 is 15.6 Å². The number of hydrogen-bond acceptors (Lipinski definition) is 4. The average molecular weight is 377 g/mol. The highest BCUT2D eigenvalue weighted by Crippen LogP contribution is 2.24. The Morgan fingerprint density at radius 3 is 2.54 bits per heavy atom. The van der Waals surface area contributed by atoms with Gasteiger partial charge in [-0.2, -0.15) is 0 Å². The minimum Gasteiger partial charge on any atom is -0.497 e. The van der Waals surface area contributed by atoms with Gasteiger partial charge in [0.15, 0.2) is 0 Å². The first-order chi connectivity index (χ1) is 13.5. The van der Waals surface area contributed by atoms with Crippen LogP contribution >= 0.6 is 0 Å². The third kappa shape index (κ3) is 4.65. The second kappa shape index (κ2) is 8.52. The molecule has 0 aliphatic rings. The van der Waals surface area contributed by atoms with Crippen LogP contribution in [0.2, 0.25) is 0 Å². The molecule has 3 aromatic rings. The van der Waals surface area contributed by atoms with E-state index in [0.29, 0.717) is 12.2 Å². The molecule has 2 N–H and O–H groups in total. The van der Waals surface area contributed by atoms with Gasteiger partial charge in [-0.1, -0.05) is 44.2 Å². The van der Waals surface area contributed by atoms with E-state index in [1.807, 2.05) is 48.5 Å². The van der Waals surface area contributed by atoms with E-state index in [-0.39, 0.29) is 17.2 Å². The molecule has 28 heavy (non-hydrogen) atoms. The molecule has 3 rings (SSSR count). The summed E-state index contributed by atoms with van der Waals surface area (Å²) in [6, 6.07) is 16.3. The van der Waals surface area contributed by atoms with Crippen molar-refractivity contribution in [2.75, 3.05) is 12.4 Å². The van der Waals surface area contributed by atoms with Crippen molar-refractivity contribution < 1.29 is 9.53 Å². The first-order valence-corrected chi connectivity index (χ1v) is 9.09. The number of aromatic amines is 1. The third-order valence-corrected chi connectivity index (χ3v) is 4.38. The van der Waals surface area contributed by atoms with Gasteiger partial charge in [-0.05, 0) is 35.2 Å². The van der Waals surface area contributed by atoms with E-state index in [2.05, 4.69) is 29.1 Å². The molecule has 0 aliphatic carbocycles. The van der Waals surface area contributed by atoms with Crippen LogP contribution in [0.25, 0.3) is 0 Å². The van der Waals surface area contributed by atoms with Gasteiger partial charge in [0.05, 0.1) is 7.11 Å². The lowest BCUT2D eigenvalue weighted by atomic mass is 10.0. The Morgan fingerprint density at radius 2 is 1.86 bits per heavy atom. The van der Waals surface area contributed by atoms with Crippen LogP contribution in [0.15, 0.2) is 59.4 Å². The molecule has 1 amide bonds. The van der Waals surface area contributed by atoms with Gasteiger partial charge in [0.1, 0.15) is 17.3 Å². The highest BCUT2D eigenvalue weighted by molar-refractivity contribution is 6.03. The van der Waals surface area contributed by atoms with Crippen molar-refractivity contribution in [2.24, 2.45) is 0 Å². The molecule has 0 spiro atoms. The molecule has 0 saturated carbocycles. The second-order valence-electron chi connectivity index (χ2n) is 6.80. The highest BCUT2D eigenvalue weighted by Gasteiger charge is 2.14. The van der Waals surface area contributed by atoms with Crippen LogP contribution in [-0.4, -0.2) is 23.0 Å². The van der Waals surface area contributed by atoms with Crippen LogP contribution in [0.1, 0.15) is 47.2 Å². The van der Waals surface area contributed by atoms with E-state index >= 15 is 0 Å². The summed E-state index contributed by atoms with van der Waals surface area (Å²) in [6.45, 7) is 4.12. The summed E-state index contributed by atoms with van der Waals surface area (Å²) in [5.74, 6) is 1.03. The Kier molecular flexibility index (Phi) is 5.89. The highest BCUT2D eigenvalue weighted by atomic mass is 16.5. The molecule has 0 radical (unpaired) electrons. The van der Waals surface area contributed by atoms with E-state index in [1.54, 1.807) is 7.11 Å². The predicted octanol–water partition coefficient (Wildman–Crippen LogP) is 3.75. The van der Waals surface area contributed by atoms with Crippen LogP contribution in [0.5, 0.6) is 5.75 Å². The van der Waals surface area contributed by atoms with Crippen molar-refractivity contribution >= 4 is 11.6 Å². The maximum atomic E-state index is 12.7. The number of amides is 1. The van der Waals surface area contributed by atoms with Gasteiger partial charge < -0.3 is 15.0 Å². The fraction of sp³-hybridized carbons (Fsp3) is 0.227. The van der Waals surface area contributed by atoms with Crippen molar-refractivity contribution in [1.29, 1.82) is 0 Å². The van der Waals surface area contributed by atoms with Crippen molar-refractivity contribution in [2.45, 2.75) is 26.2 Å². The molecule has 0 bridgehead atoms. The number of benzene rings is 2. The number of nitrogens with one attached hydrogen (secondary N) is 2. The van der Waals surface area contributed by atoms with Gasteiger partial charge >= 0.3 is 0 Å². The molecule has 0 saturated heterocycles. The SMILES string of the molecule is COc1ccc(Cc2nc(C(=O)Nc3ccccc3C(C)C)cc(=O)[nH]2)cc1. The van der Waals surface area contributed by atoms with E-state index in [4.69, 9.17) is 4.74 Å². The molecule has 0 fully saturated rings. The van der Waals surface area contributed by atoms with Crippen molar-refractivity contribution in [3.63, 3.8) is 0 Å². The lowest BCUT2D eigenvalue weighted by Gasteiger charge is -2.13. The molecule has 6 nitrogen and oxygen atoms in total. The Balaban J connectivity index is 1.82. The summed E-state index contributed by atoms with van der Waals surface area (Å²) in [5, 5.41) is 2.87. The number of hydrogen-bond donors (Lipinski definition) is 2. The van der Waals surface area contributed by atoms with Crippen molar-refractivity contribution in [3.05, 3.63) is 87.6 Å². The van der Waals surface area contributed by atoms with Crippen LogP contribution in [0, 0.1) is 0 Å². The van der Waals surface area contributed by atoms with Crippen LogP contribution in [0.3, 0.4) is 0 Å². The lowest BCUT2D eigenvalue weighted by Crippen LogP contribution is -2.21. The number of anilines is 1. The van der Waals surface area contributed by atoms with Gasteiger partial charge in [-0.25, -0.2) is 4.98 Å². The summed E-state index contributed by atoms with van der Waals surface area (Å²) in [7, 11) is 1.60. The normalized spacial score (nSPS) is 10.7. The molecule has 1 heterocycles. The monoisotopic (exact) mass is 377 g/mol. The molecule has 2 aromatic carbocycles. The summed E-state index contributed by atoms with van der Waals surface area (Å²) in [6.07, 6.45) is 0.406. The third-order valence-electron chi connectivity index (χ3n) is 4.38. The fourth-order valence-electron chi connectivity index (χ4n) is 2.95. The molecule has 0 unspecified atom stereocenters. The number of carbonyl (C=O) groups is 1. The maximum Gasteiger partial charge on any atom is 0.274 e. The average Bonchev–Trinajstić information content (AvgIpc) is 2.68. The Morgan fingerprint density at radius 1 is 1.14 bits per heavy atom. The van der Waals surface area contributed by atoms with E-state index in [1.165, 1.54) is 6.07 Å². The minimum absolute atomic E-state index is 0.0887. The zero-order valence-electron chi connectivity index (χ0n) is 16.2. The molecular formula is C22H23N3O3. The Bertz CT molecular complexity index is 1020. The molecule has 0 atom stereocenters. The Hall–Kier alpha value is -3.41. The van der Waals surface area contributed by atoms with E-state index in [9.17, 15) is 9.59 Å². The standard InChI is InChI=1S/C22H23N3O3/c1-14(2)17-6-4-5-7-18(17)24-22(27)19-13-21(26)25-20(23-19)12-15-8-10-16(28-3)11-9-15/h4-11,13-14H,12H2,1-3H3,(H,24,27)(H,23,25,26). The number of H-pyrrole nitrogens is 1. The van der Waals surface area contributed by atoms with Gasteiger partial charge in [-0.15, -0.1) is 0 Å². The fourth-order valence-corrected chi connectivity index (χ4v) is 2.95. The van der Waals surface area contributed by atoms with Crippen molar-refractivity contribution in [1.82, 2.24) is 9.97 Å². The smallest absolute Gasteiger partial charge is 0.274 e. The first-order valence-electron chi connectivity index (χ1n) is 9.09. The largest absolute Gasteiger partial charge is 0.497 e. The summed E-state index contributed by atoms with van der Waals surface area (Å²) < 4.78 is 5.15. The molecular weight excluding hydrogens is 354 g/mol. The van der Waals surface area contributed by atoms with Gasteiger partial charge in [0.2, 0.25) is 0 Å². The number of aromatic nitrogens is 2. The molecule has 0 aliphatic heterocycles. The molecule has 6 heteroatoms. The topological polar surface area (TPSA) is 84.1 Å². The number of ether oxygens (including phenoxy) is 1. The van der Waals surface area contributed by atoms with Crippen LogP contribution in [0.4, 0.5) is 5.69 Å². The van der Waals surface area contributed by atoms with Gasteiger partial charge in [-0.3, -0.25) is 9.59 Å². The first kappa shape index (κ1) is 19.4. The number of methoxy groups -OCH3 is 1. The second-order valence-corrected chi connectivity index (χ2v) is 6.80. The number of nitrogens with zero attached hydrogens (tertiary/aromatic N) is 1. The predicted molar refractivity (Wildman–Crippen MR) is 109 cm³/mol. The number of rotatable bonds is 6. The summed E-state index contributed by atoms with van der Waals surface area (Å²) >= 11 is 0. The lowest BCUT2D eigenvalue weighted by molar-refractivity contribution is 0.102. The van der Waals surface area contributed by atoms with Gasteiger partial charge in [0.25, 0.3) is 11.5 Å². The van der Waals surface area contributed by atoms with Gasteiger partial charge in [0, 0.05) is 18.2 Å². The zero-order chi connectivity index (χ0) is 20.1. The maximum absolute atomic E-state index is 12.7. The van der Waals surface area contributed by atoms with Crippen molar-refractivity contribution in [3.8, 4) is 5.75 Å². The van der Waals surface area contributed by atoms with Crippen LogP contribution in [-0.2, 0) is 6.42 Å². The summed E-state index contributed by atoms with van der Waals surface area (Å²) in [4.78, 5) is 31.8. The Labute approximate surface area is 163 Å². The molecule has 1 aromatic heterocycles. The zero-order valence-corrected chi connectivity index (χ0v) is 16.2. The number of para-hydroxylation sites is 1. The van der Waals surface area contributed by atoms with E-state index < -0.39 is 5.91 Å². The number of carbonyl (C=O) groups excluding carboxylic acids is 1. The quantitative estimate of drug-likeness (QED) is 0.685.